The first-order valence-electron chi connectivity index (χ1n) is 10.5. The third-order valence-corrected chi connectivity index (χ3v) is 6.59. The summed E-state index contributed by atoms with van der Waals surface area (Å²) in [6, 6.07) is 21.4. The van der Waals surface area contributed by atoms with Crippen LogP contribution in [0.1, 0.15) is 40.0 Å². The average molecular weight is 446 g/mol. The molecule has 1 N–H and O–H groups in total. The molecule has 2 heterocycles. The van der Waals surface area contributed by atoms with Crippen LogP contribution in [0.15, 0.2) is 60.7 Å². The summed E-state index contributed by atoms with van der Waals surface area (Å²) in [5, 5.41) is 13.3. The van der Waals surface area contributed by atoms with Crippen LogP contribution in [0.5, 0.6) is 0 Å². The van der Waals surface area contributed by atoms with Crippen molar-refractivity contribution in [1.29, 1.82) is 5.26 Å². The number of fused-ring (bicyclic) bond motifs is 1. The number of carbonyl (C=O) groups is 2. The molecule has 0 spiro atoms. The average Bonchev–Trinajstić information content (AvgIpc) is 3.16. The number of carbonyl (C=O) groups excluding carboxylic acids is 2. The van der Waals surface area contributed by atoms with Gasteiger partial charge in [0, 0.05) is 11.4 Å². The Hall–Kier alpha value is -3.63. The quantitative estimate of drug-likeness (QED) is 0.605. The molecular weight excluding hydrogens is 422 g/mol. The molecule has 32 heavy (non-hydrogen) atoms. The first-order chi connectivity index (χ1) is 15.6. The second-order valence-electron chi connectivity index (χ2n) is 7.43. The summed E-state index contributed by atoms with van der Waals surface area (Å²) in [5.74, 6) is -0.696. The molecule has 0 saturated heterocycles. The van der Waals surface area contributed by atoms with Crippen molar-refractivity contribution in [1.82, 2.24) is 4.90 Å². The molecule has 0 fully saturated rings. The normalized spacial score (nSPS) is 12.7. The van der Waals surface area contributed by atoms with Crippen LogP contribution in [0.25, 0.3) is 0 Å². The van der Waals surface area contributed by atoms with Gasteiger partial charge in [-0.25, -0.2) is 4.79 Å². The number of hydrogen-bond donors (Lipinski definition) is 1. The third-order valence-electron chi connectivity index (χ3n) is 5.46. The molecule has 0 atom stereocenters. The van der Waals surface area contributed by atoms with E-state index in [4.69, 9.17) is 4.74 Å². The fourth-order valence-corrected chi connectivity index (χ4v) is 5.17. The second-order valence-corrected chi connectivity index (χ2v) is 8.54. The standard InChI is InChI=1S/C25H23N3O3S/c1-2-31-25(30)28-14-13-19-20(15-26)24(32-21(19)16-28)27-23(29)22(17-9-5-3-6-10-17)18-11-7-4-8-12-18/h3-12,22H,2,13-14,16H2,1H3,(H,27,29). The van der Waals surface area contributed by atoms with Crippen LogP contribution in [-0.4, -0.2) is 30.1 Å². The lowest BCUT2D eigenvalue weighted by molar-refractivity contribution is -0.116. The van der Waals surface area contributed by atoms with E-state index in [1.165, 1.54) is 11.3 Å². The maximum atomic E-state index is 13.5. The Balaban J connectivity index is 1.63. The Bertz CT molecular complexity index is 1110. The minimum Gasteiger partial charge on any atom is -0.450 e. The third kappa shape index (κ3) is 4.36. The Morgan fingerprint density at radius 3 is 2.31 bits per heavy atom. The van der Waals surface area contributed by atoms with Gasteiger partial charge in [0.25, 0.3) is 0 Å². The fraction of sp³-hybridized carbons (Fsp3) is 0.240. The van der Waals surface area contributed by atoms with E-state index >= 15 is 0 Å². The van der Waals surface area contributed by atoms with Crippen molar-refractivity contribution < 1.29 is 14.3 Å². The number of anilines is 1. The van der Waals surface area contributed by atoms with E-state index in [9.17, 15) is 14.9 Å². The van der Waals surface area contributed by atoms with Crippen LogP contribution in [-0.2, 0) is 22.5 Å². The van der Waals surface area contributed by atoms with Crippen LogP contribution >= 0.6 is 11.3 Å². The van der Waals surface area contributed by atoms with Gasteiger partial charge in [0.2, 0.25) is 5.91 Å². The van der Waals surface area contributed by atoms with Gasteiger partial charge >= 0.3 is 6.09 Å². The predicted molar refractivity (Wildman–Crippen MR) is 124 cm³/mol. The lowest BCUT2D eigenvalue weighted by Gasteiger charge is -2.25. The lowest BCUT2D eigenvalue weighted by Crippen LogP contribution is -2.35. The molecule has 162 valence electrons. The Morgan fingerprint density at radius 2 is 1.75 bits per heavy atom. The number of ether oxygens (including phenoxy) is 1. The summed E-state index contributed by atoms with van der Waals surface area (Å²) in [6.07, 6.45) is 0.202. The fourth-order valence-electron chi connectivity index (χ4n) is 3.95. The van der Waals surface area contributed by atoms with Crippen LogP contribution in [0, 0.1) is 11.3 Å². The molecule has 0 bridgehead atoms. The lowest BCUT2D eigenvalue weighted by atomic mass is 9.90. The predicted octanol–water partition coefficient (Wildman–Crippen LogP) is 4.90. The van der Waals surface area contributed by atoms with Gasteiger partial charge < -0.3 is 15.0 Å². The molecular formula is C25H23N3O3S. The zero-order valence-corrected chi connectivity index (χ0v) is 18.5. The zero-order chi connectivity index (χ0) is 22.5. The van der Waals surface area contributed by atoms with Crippen molar-refractivity contribution in [3.8, 4) is 6.07 Å². The van der Waals surface area contributed by atoms with E-state index in [2.05, 4.69) is 11.4 Å². The molecule has 1 aromatic heterocycles. The van der Waals surface area contributed by atoms with Crippen molar-refractivity contribution in [3.05, 3.63) is 87.8 Å². The highest BCUT2D eigenvalue weighted by molar-refractivity contribution is 7.16. The Morgan fingerprint density at radius 1 is 1.12 bits per heavy atom. The number of hydrogen-bond acceptors (Lipinski definition) is 5. The number of thiophene rings is 1. The van der Waals surface area contributed by atoms with Gasteiger partial charge in [0.05, 0.1) is 24.6 Å². The van der Waals surface area contributed by atoms with Gasteiger partial charge in [-0.05, 0) is 30.0 Å². The van der Waals surface area contributed by atoms with Crippen molar-refractivity contribution in [2.75, 3.05) is 18.5 Å². The molecule has 0 saturated carbocycles. The summed E-state index contributed by atoms with van der Waals surface area (Å²) in [7, 11) is 0. The van der Waals surface area contributed by atoms with Gasteiger partial charge in [-0.1, -0.05) is 60.7 Å². The van der Waals surface area contributed by atoms with Crippen LogP contribution in [0.3, 0.4) is 0 Å². The molecule has 1 aliphatic rings. The van der Waals surface area contributed by atoms with Crippen molar-refractivity contribution in [3.63, 3.8) is 0 Å². The van der Waals surface area contributed by atoms with E-state index in [1.54, 1.807) is 11.8 Å². The number of nitrogens with zero attached hydrogens (tertiary/aromatic N) is 2. The topological polar surface area (TPSA) is 82.4 Å². The van der Waals surface area contributed by atoms with Crippen molar-refractivity contribution in [2.45, 2.75) is 25.8 Å². The van der Waals surface area contributed by atoms with E-state index in [-0.39, 0.29) is 12.0 Å². The smallest absolute Gasteiger partial charge is 0.410 e. The van der Waals surface area contributed by atoms with Gasteiger partial charge in [-0.3, -0.25) is 4.79 Å². The molecule has 3 aromatic rings. The van der Waals surface area contributed by atoms with E-state index < -0.39 is 5.92 Å². The monoisotopic (exact) mass is 445 g/mol. The van der Waals surface area contributed by atoms with Crippen LogP contribution in [0.4, 0.5) is 9.80 Å². The molecule has 2 amide bonds. The summed E-state index contributed by atoms with van der Waals surface area (Å²) in [4.78, 5) is 28.1. The zero-order valence-electron chi connectivity index (χ0n) is 17.7. The number of nitrogens with one attached hydrogen (secondary N) is 1. The van der Waals surface area contributed by atoms with Crippen molar-refractivity contribution >= 4 is 28.3 Å². The first-order valence-corrected chi connectivity index (χ1v) is 11.3. The van der Waals surface area contributed by atoms with Crippen molar-refractivity contribution in [2.24, 2.45) is 0 Å². The first kappa shape index (κ1) is 21.6. The van der Waals surface area contributed by atoms with Gasteiger partial charge in [-0.15, -0.1) is 11.3 Å². The SMILES string of the molecule is CCOC(=O)N1CCc2c(sc(NC(=O)C(c3ccccc3)c3ccccc3)c2C#N)C1. The highest BCUT2D eigenvalue weighted by Crippen LogP contribution is 2.38. The minimum absolute atomic E-state index is 0.195. The van der Waals surface area contributed by atoms with Gasteiger partial charge in [0.1, 0.15) is 11.1 Å². The molecule has 6 nitrogen and oxygen atoms in total. The summed E-state index contributed by atoms with van der Waals surface area (Å²) in [6.45, 7) is 2.96. The van der Waals surface area contributed by atoms with Crippen LogP contribution in [0.2, 0.25) is 0 Å². The van der Waals surface area contributed by atoms with E-state index in [0.717, 1.165) is 21.6 Å². The minimum atomic E-state index is -0.501. The molecule has 1 aliphatic heterocycles. The summed E-state index contributed by atoms with van der Waals surface area (Å²) < 4.78 is 5.11. The number of amides is 2. The highest BCUT2D eigenvalue weighted by Gasteiger charge is 2.30. The Kier molecular flexibility index (Phi) is 6.52. The summed E-state index contributed by atoms with van der Waals surface area (Å²) in [5.41, 5.74) is 3.15. The molecule has 0 aliphatic carbocycles. The second kappa shape index (κ2) is 9.67. The van der Waals surface area contributed by atoms with E-state index in [1.807, 2.05) is 60.7 Å². The number of nitriles is 1. The molecule has 4 rings (SSSR count). The molecule has 0 radical (unpaired) electrons. The van der Waals surface area contributed by atoms with Gasteiger partial charge in [-0.2, -0.15) is 5.26 Å². The molecule has 7 heteroatoms. The number of rotatable bonds is 5. The largest absolute Gasteiger partial charge is 0.450 e. The maximum absolute atomic E-state index is 13.5. The van der Waals surface area contributed by atoms with Crippen LogP contribution < -0.4 is 5.32 Å². The molecule has 2 aromatic carbocycles. The number of benzene rings is 2. The summed E-state index contributed by atoms with van der Waals surface area (Å²) >= 11 is 1.36. The highest BCUT2D eigenvalue weighted by atomic mass is 32.1. The Labute approximate surface area is 191 Å². The van der Waals surface area contributed by atoms with Gasteiger partial charge in [0.15, 0.2) is 0 Å². The molecule has 0 unspecified atom stereocenters. The maximum Gasteiger partial charge on any atom is 0.410 e. The van der Waals surface area contributed by atoms with E-state index in [0.29, 0.717) is 36.7 Å².